The van der Waals surface area contributed by atoms with Crippen molar-refractivity contribution in [2.75, 3.05) is 13.1 Å². The number of likely N-dealkylation sites (tertiary alicyclic amines) is 1. The van der Waals surface area contributed by atoms with E-state index in [0.717, 1.165) is 13.0 Å². The lowest BCUT2D eigenvalue weighted by Gasteiger charge is -2.42. The molecule has 1 aromatic carbocycles. The molecular formula is C15H22ClFN2. The van der Waals surface area contributed by atoms with Crippen molar-refractivity contribution < 1.29 is 4.39 Å². The maximum absolute atomic E-state index is 14.1. The average Bonchev–Trinajstić information content (AvgIpc) is 2.36. The van der Waals surface area contributed by atoms with E-state index in [2.05, 4.69) is 18.7 Å². The fourth-order valence-electron chi connectivity index (χ4n) is 2.97. The normalized spacial score (nSPS) is 26.4. The molecule has 1 fully saturated rings. The smallest absolute Gasteiger partial charge is 0.129 e. The fraction of sp³-hybridized carbons (Fsp3) is 0.600. The Kier molecular flexibility index (Phi) is 4.82. The molecular weight excluding hydrogens is 263 g/mol. The van der Waals surface area contributed by atoms with Gasteiger partial charge in [-0.1, -0.05) is 24.6 Å². The quantitative estimate of drug-likeness (QED) is 0.919. The first-order valence-corrected chi connectivity index (χ1v) is 7.31. The Morgan fingerprint density at radius 1 is 1.42 bits per heavy atom. The molecule has 2 nitrogen and oxygen atoms in total. The lowest BCUT2D eigenvalue weighted by atomic mass is 9.91. The van der Waals surface area contributed by atoms with Crippen LogP contribution in [0.25, 0.3) is 0 Å². The second-order valence-corrected chi connectivity index (χ2v) is 6.08. The molecule has 0 bridgehead atoms. The number of rotatable bonds is 3. The fourth-order valence-corrected chi connectivity index (χ4v) is 3.13. The van der Waals surface area contributed by atoms with Crippen LogP contribution in [0.3, 0.4) is 0 Å². The van der Waals surface area contributed by atoms with Gasteiger partial charge in [-0.05, 0) is 37.8 Å². The molecule has 0 spiro atoms. The van der Waals surface area contributed by atoms with Crippen molar-refractivity contribution in [3.05, 3.63) is 34.6 Å². The standard InChI is InChI=1S/C15H22ClFN2/c1-10-3-4-11(2)19(9-10)15(8-18)13-6-5-12(16)7-14(13)17/h5-7,10-11,15H,3-4,8-9,18H2,1-2H3. The van der Waals surface area contributed by atoms with E-state index >= 15 is 0 Å². The van der Waals surface area contributed by atoms with Gasteiger partial charge in [0.05, 0.1) is 6.04 Å². The monoisotopic (exact) mass is 284 g/mol. The van der Waals surface area contributed by atoms with E-state index in [0.29, 0.717) is 29.1 Å². The number of nitrogens with two attached hydrogens (primary N) is 1. The molecule has 0 amide bonds. The summed E-state index contributed by atoms with van der Waals surface area (Å²) >= 11 is 5.82. The first kappa shape index (κ1) is 14.8. The van der Waals surface area contributed by atoms with E-state index in [-0.39, 0.29) is 11.9 Å². The molecule has 0 radical (unpaired) electrons. The van der Waals surface area contributed by atoms with E-state index in [4.69, 9.17) is 17.3 Å². The zero-order valence-electron chi connectivity index (χ0n) is 11.6. The number of nitrogens with zero attached hydrogens (tertiary/aromatic N) is 1. The number of benzene rings is 1. The van der Waals surface area contributed by atoms with Crippen LogP contribution in [-0.4, -0.2) is 24.0 Å². The molecule has 1 aliphatic heterocycles. The van der Waals surface area contributed by atoms with Gasteiger partial charge in [0.1, 0.15) is 5.82 Å². The summed E-state index contributed by atoms with van der Waals surface area (Å²) in [5, 5.41) is 0.428. The van der Waals surface area contributed by atoms with Crippen LogP contribution < -0.4 is 5.73 Å². The summed E-state index contributed by atoms with van der Waals surface area (Å²) in [6, 6.07) is 5.26. The molecule has 3 unspecified atom stereocenters. The van der Waals surface area contributed by atoms with Crippen molar-refractivity contribution >= 4 is 11.6 Å². The van der Waals surface area contributed by atoms with Gasteiger partial charge in [-0.25, -0.2) is 4.39 Å². The molecule has 19 heavy (non-hydrogen) atoms. The van der Waals surface area contributed by atoms with Gasteiger partial charge in [-0.2, -0.15) is 0 Å². The van der Waals surface area contributed by atoms with Crippen LogP contribution in [0.5, 0.6) is 0 Å². The van der Waals surface area contributed by atoms with Gasteiger partial charge in [0.25, 0.3) is 0 Å². The zero-order chi connectivity index (χ0) is 14.0. The third kappa shape index (κ3) is 3.28. The predicted molar refractivity (Wildman–Crippen MR) is 77.8 cm³/mol. The van der Waals surface area contributed by atoms with E-state index < -0.39 is 0 Å². The van der Waals surface area contributed by atoms with Crippen molar-refractivity contribution in [1.29, 1.82) is 0 Å². The van der Waals surface area contributed by atoms with E-state index in [1.54, 1.807) is 12.1 Å². The largest absolute Gasteiger partial charge is 0.329 e. The molecule has 0 aliphatic carbocycles. The predicted octanol–water partition coefficient (Wildman–Crippen LogP) is 3.60. The molecule has 0 saturated carbocycles. The number of piperidine rings is 1. The Balaban J connectivity index is 2.27. The molecule has 1 heterocycles. The highest BCUT2D eigenvalue weighted by Gasteiger charge is 2.30. The van der Waals surface area contributed by atoms with Crippen LogP contribution in [0.1, 0.15) is 38.3 Å². The Morgan fingerprint density at radius 3 is 2.79 bits per heavy atom. The highest BCUT2D eigenvalue weighted by atomic mass is 35.5. The summed E-state index contributed by atoms with van der Waals surface area (Å²) in [5.41, 5.74) is 6.57. The summed E-state index contributed by atoms with van der Waals surface area (Å²) in [6.45, 7) is 5.84. The highest BCUT2D eigenvalue weighted by molar-refractivity contribution is 6.30. The highest BCUT2D eigenvalue weighted by Crippen LogP contribution is 2.32. The molecule has 0 aromatic heterocycles. The maximum Gasteiger partial charge on any atom is 0.129 e. The molecule has 3 atom stereocenters. The first-order valence-electron chi connectivity index (χ1n) is 6.93. The number of hydrogen-bond acceptors (Lipinski definition) is 2. The second-order valence-electron chi connectivity index (χ2n) is 5.65. The Hall–Kier alpha value is -0.640. The van der Waals surface area contributed by atoms with Crippen molar-refractivity contribution in [3.63, 3.8) is 0 Å². The topological polar surface area (TPSA) is 29.3 Å². The molecule has 1 aromatic rings. The van der Waals surface area contributed by atoms with Gasteiger partial charge in [-0.15, -0.1) is 0 Å². The van der Waals surface area contributed by atoms with Crippen LogP contribution in [0, 0.1) is 11.7 Å². The molecule has 4 heteroatoms. The van der Waals surface area contributed by atoms with Crippen LogP contribution in [0.15, 0.2) is 18.2 Å². The SMILES string of the molecule is CC1CCC(C)N(C(CN)c2ccc(Cl)cc2F)C1. The average molecular weight is 285 g/mol. The summed E-state index contributed by atoms with van der Waals surface area (Å²) in [7, 11) is 0. The minimum absolute atomic E-state index is 0.0602. The molecule has 1 saturated heterocycles. The molecule has 2 rings (SSSR count). The van der Waals surface area contributed by atoms with E-state index in [1.165, 1.54) is 12.5 Å². The summed E-state index contributed by atoms with van der Waals surface area (Å²) in [6.07, 6.45) is 2.38. The minimum atomic E-state index is -0.256. The first-order chi connectivity index (χ1) is 9.02. The molecule has 1 aliphatic rings. The lowest BCUT2D eigenvalue weighted by Crippen LogP contribution is -2.45. The molecule has 2 N–H and O–H groups in total. The molecule has 106 valence electrons. The van der Waals surface area contributed by atoms with Crippen LogP contribution in [0.4, 0.5) is 4.39 Å². The van der Waals surface area contributed by atoms with Crippen molar-refractivity contribution in [2.24, 2.45) is 11.7 Å². The van der Waals surface area contributed by atoms with Gasteiger partial charge in [-0.3, -0.25) is 4.90 Å². The lowest BCUT2D eigenvalue weighted by molar-refractivity contribution is 0.0782. The number of hydrogen-bond donors (Lipinski definition) is 1. The van der Waals surface area contributed by atoms with E-state index in [1.807, 2.05) is 0 Å². The van der Waals surface area contributed by atoms with Gasteiger partial charge in [0.2, 0.25) is 0 Å². The van der Waals surface area contributed by atoms with Crippen molar-refractivity contribution in [1.82, 2.24) is 4.90 Å². The summed E-state index contributed by atoms with van der Waals surface area (Å²) in [4.78, 5) is 2.33. The summed E-state index contributed by atoms with van der Waals surface area (Å²) < 4.78 is 14.1. The van der Waals surface area contributed by atoms with Crippen molar-refractivity contribution in [3.8, 4) is 0 Å². The number of halogens is 2. The van der Waals surface area contributed by atoms with E-state index in [9.17, 15) is 4.39 Å². The van der Waals surface area contributed by atoms with Gasteiger partial charge < -0.3 is 5.73 Å². The van der Waals surface area contributed by atoms with Crippen LogP contribution in [-0.2, 0) is 0 Å². The zero-order valence-corrected chi connectivity index (χ0v) is 12.3. The van der Waals surface area contributed by atoms with Crippen LogP contribution in [0.2, 0.25) is 5.02 Å². The third-order valence-corrected chi connectivity index (χ3v) is 4.35. The maximum atomic E-state index is 14.1. The van der Waals surface area contributed by atoms with Gasteiger partial charge in [0.15, 0.2) is 0 Å². The van der Waals surface area contributed by atoms with Crippen LogP contribution >= 0.6 is 11.6 Å². The minimum Gasteiger partial charge on any atom is -0.329 e. The second kappa shape index (κ2) is 6.21. The van der Waals surface area contributed by atoms with Gasteiger partial charge >= 0.3 is 0 Å². The Labute approximate surface area is 119 Å². The van der Waals surface area contributed by atoms with Gasteiger partial charge in [0, 0.05) is 29.7 Å². The third-order valence-electron chi connectivity index (χ3n) is 4.11. The van der Waals surface area contributed by atoms with Crippen molar-refractivity contribution in [2.45, 2.75) is 38.8 Å². The summed E-state index contributed by atoms with van der Waals surface area (Å²) in [5.74, 6) is 0.383. The Bertz CT molecular complexity index is 438. The Morgan fingerprint density at radius 2 is 2.16 bits per heavy atom.